The predicted octanol–water partition coefficient (Wildman–Crippen LogP) is 3.66. The molecule has 2 aromatic carbocycles. The Hall–Kier alpha value is -2.49. The van der Waals surface area contributed by atoms with Crippen molar-refractivity contribution < 1.29 is 4.79 Å². The van der Waals surface area contributed by atoms with Crippen molar-refractivity contribution in [3.05, 3.63) is 59.7 Å². The molecule has 1 aliphatic heterocycles. The molecule has 0 aromatic heterocycles. The van der Waals surface area contributed by atoms with Gasteiger partial charge in [0.25, 0.3) is 0 Å². The van der Waals surface area contributed by atoms with Gasteiger partial charge in [-0.2, -0.15) is 0 Å². The van der Waals surface area contributed by atoms with Crippen LogP contribution in [-0.4, -0.2) is 37.1 Å². The summed E-state index contributed by atoms with van der Waals surface area (Å²) in [4.78, 5) is 16.6. The van der Waals surface area contributed by atoms with Gasteiger partial charge in [0.15, 0.2) is 0 Å². The lowest BCUT2D eigenvalue weighted by molar-refractivity contribution is 0.208. The molecular formula is C19H23N3O. The summed E-state index contributed by atoms with van der Waals surface area (Å²) in [6.07, 6.45) is 0. The fourth-order valence-electron chi connectivity index (χ4n) is 2.92. The first kappa shape index (κ1) is 15.4. The number of amides is 2. The highest BCUT2D eigenvalue weighted by Crippen LogP contribution is 2.18. The van der Waals surface area contributed by atoms with Gasteiger partial charge in [0.05, 0.1) is 0 Å². The van der Waals surface area contributed by atoms with Gasteiger partial charge in [-0.05, 0) is 49.2 Å². The van der Waals surface area contributed by atoms with Crippen molar-refractivity contribution in [1.82, 2.24) is 4.90 Å². The van der Waals surface area contributed by atoms with Crippen LogP contribution in [0.25, 0.3) is 0 Å². The Labute approximate surface area is 137 Å². The minimum Gasteiger partial charge on any atom is -0.368 e. The first-order valence-electron chi connectivity index (χ1n) is 8.06. The second-order valence-electron chi connectivity index (χ2n) is 6.11. The van der Waals surface area contributed by atoms with Gasteiger partial charge >= 0.3 is 6.03 Å². The summed E-state index contributed by atoms with van der Waals surface area (Å²) in [6.45, 7) is 7.35. The van der Waals surface area contributed by atoms with E-state index in [0.29, 0.717) is 0 Å². The number of nitrogens with one attached hydrogen (secondary N) is 1. The average Bonchev–Trinajstić information content (AvgIpc) is 2.55. The summed E-state index contributed by atoms with van der Waals surface area (Å²) in [5.41, 5.74) is 4.51. The lowest BCUT2D eigenvalue weighted by Gasteiger charge is -2.36. The van der Waals surface area contributed by atoms with E-state index in [4.69, 9.17) is 0 Å². The Kier molecular flexibility index (Phi) is 4.51. The second-order valence-corrected chi connectivity index (χ2v) is 6.11. The minimum atomic E-state index is -0.0144. The third-order valence-electron chi connectivity index (χ3n) is 4.20. The van der Waals surface area contributed by atoms with Crippen molar-refractivity contribution >= 4 is 17.4 Å². The molecule has 0 spiro atoms. The van der Waals surface area contributed by atoms with Crippen LogP contribution >= 0.6 is 0 Å². The standard InChI is InChI=1S/C19H23N3O/c1-15-5-3-7-17(13-15)20-19(23)22-11-9-21(10-12-22)18-8-4-6-16(2)14-18/h3-8,13-14H,9-12H2,1-2H3,(H,20,23). The van der Waals surface area contributed by atoms with E-state index in [1.54, 1.807) is 0 Å². The molecule has 0 unspecified atom stereocenters. The van der Waals surface area contributed by atoms with Gasteiger partial charge in [0, 0.05) is 37.6 Å². The van der Waals surface area contributed by atoms with E-state index in [9.17, 15) is 4.79 Å². The number of urea groups is 1. The summed E-state index contributed by atoms with van der Waals surface area (Å²) in [7, 11) is 0. The van der Waals surface area contributed by atoms with Crippen LogP contribution in [0, 0.1) is 13.8 Å². The molecule has 0 saturated carbocycles. The molecule has 0 atom stereocenters. The molecule has 23 heavy (non-hydrogen) atoms. The molecular weight excluding hydrogens is 286 g/mol. The van der Waals surface area contributed by atoms with Crippen molar-refractivity contribution in [2.24, 2.45) is 0 Å². The third kappa shape index (κ3) is 3.83. The van der Waals surface area contributed by atoms with Crippen molar-refractivity contribution in [3.63, 3.8) is 0 Å². The normalized spacial score (nSPS) is 14.7. The van der Waals surface area contributed by atoms with E-state index in [0.717, 1.165) is 37.4 Å². The van der Waals surface area contributed by atoms with Gasteiger partial charge in [-0.25, -0.2) is 4.79 Å². The van der Waals surface area contributed by atoms with Gasteiger partial charge in [0.1, 0.15) is 0 Å². The zero-order valence-electron chi connectivity index (χ0n) is 13.7. The number of hydrogen-bond acceptors (Lipinski definition) is 2. The smallest absolute Gasteiger partial charge is 0.321 e. The van der Waals surface area contributed by atoms with Crippen LogP contribution in [0.15, 0.2) is 48.5 Å². The van der Waals surface area contributed by atoms with Gasteiger partial charge < -0.3 is 15.1 Å². The van der Waals surface area contributed by atoms with Gasteiger partial charge in [-0.1, -0.05) is 24.3 Å². The average molecular weight is 309 g/mol. The molecule has 1 fully saturated rings. The number of carbonyl (C=O) groups excluding carboxylic acids is 1. The van der Waals surface area contributed by atoms with E-state index < -0.39 is 0 Å². The Morgan fingerprint density at radius 3 is 2.22 bits per heavy atom. The van der Waals surface area contributed by atoms with Crippen LogP contribution in [0.3, 0.4) is 0 Å². The summed E-state index contributed by atoms with van der Waals surface area (Å²) < 4.78 is 0. The number of anilines is 2. The summed E-state index contributed by atoms with van der Waals surface area (Å²) in [5, 5.41) is 2.98. The summed E-state index contributed by atoms with van der Waals surface area (Å²) in [6, 6.07) is 16.4. The molecule has 0 bridgehead atoms. The molecule has 4 nitrogen and oxygen atoms in total. The van der Waals surface area contributed by atoms with E-state index >= 15 is 0 Å². The van der Waals surface area contributed by atoms with Crippen molar-refractivity contribution in [1.29, 1.82) is 0 Å². The van der Waals surface area contributed by atoms with Crippen molar-refractivity contribution in [2.75, 3.05) is 36.4 Å². The number of nitrogens with zero attached hydrogens (tertiary/aromatic N) is 2. The van der Waals surface area contributed by atoms with Crippen LogP contribution in [0.1, 0.15) is 11.1 Å². The number of carbonyl (C=O) groups is 1. The highest BCUT2D eigenvalue weighted by molar-refractivity contribution is 5.89. The molecule has 1 N–H and O–H groups in total. The molecule has 3 rings (SSSR count). The van der Waals surface area contributed by atoms with E-state index in [1.807, 2.05) is 36.1 Å². The Bertz CT molecular complexity index is 691. The molecule has 1 heterocycles. The third-order valence-corrected chi connectivity index (χ3v) is 4.20. The number of aryl methyl sites for hydroxylation is 2. The summed E-state index contributed by atoms with van der Waals surface area (Å²) in [5.74, 6) is 0. The highest BCUT2D eigenvalue weighted by Gasteiger charge is 2.21. The van der Waals surface area contributed by atoms with Gasteiger partial charge in [0.2, 0.25) is 0 Å². The number of piperazine rings is 1. The van der Waals surface area contributed by atoms with Crippen LogP contribution < -0.4 is 10.2 Å². The molecule has 4 heteroatoms. The maximum atomic E-state index is 12.4. The molecule has 120 valence electrons. The quantitative estimate of drug-likeness (QED) is 0.919. The predicted molar refractivity (Wildman–Crippen MR) is 95.2 cm³/mol. The highest BCUT2D eigenvalue weighted by atomic mass is 16.2. The maximum absolute atomic E-state index is 12.4. The van der Waals surface area contributed by atoms with Crippen LogP contribution in [0.4, 0.5) is 16.2 Å². The van der Waals surface area contributed by atoms with Crippen LogP contribution in [0.2, 0.25) is 0 Å². The molecule has 2 aromatic rings. The lowest BCUT2D eigenvalue weighted by atomic mass is 10.2. The SMILES string of the molecule is Cc1cccc(NC(=O)N2CCN(c3cccc(C)c3)CC2)c1. The van der Waals surface area contributed by atoms with Crippen molar-refractivity contribution in [2.45, 2.75) is 13.8 Å². The van der Waals surface area contributed by atoms with E-state index in [2.05, 4.69) is 41.4 Å². The largest absolute Gasteiger partial charge is 0.368 e. The fourth-order valence-corrected chi connectivity index (χ4v) is 2.92. The Morgan fingerprint density at radius 2 is 1.57 bits per heavy atom. The van der Waals surface area contributed by atoms with E-state index in [1.165, 1.54) is 11.3 Å². The topological polar surface area (TPSA) is 35.6 Å². The van der Waals surface area contributed by atoms with E-state index in [-0.39, 0.29) is 6.03 Å². The second kappa shape index (κ2) is 6.73. The van der Waals surface area contributed by atoms with Crippen LogP contribution in [0.5, 0.6) is 0 Å². The van der Waals surface area contributed by atoms with Gasteiger partial charge in [-0.15, -0.1) is 0 Å². The van der Waals surface area contributed by atoms with Gasteiger partial charge in [-0.3, -0.25) is 0 Å². The lowest BCUT2D eigenvalue weighted by Crippen LogP contribution is -2.50. The molecule has 1 saturated heterocycles. The fraction of sp³-hybridized carbons (Fsp3) is 0.316. The Morgan fingerprint density at radius 1 is 0.913 bits per heavy atom. The minimum absolute atomic E-state index is 0.0144. The zero-order chi connectivity index (χ0) is 16.2. The number of benzene rings is 2. The van der Waals surface area contributed by atoms with Crippen LogP contribution in [-0.2, 0) is 0 Å². The molecule has 0 aliphatic carbocycles. The molecule has 1 aliphatic rings. The number of rotatable bonds is 2. The molecule has 0 radical (unpaired) electrons. The number of hydrogen-bond donors (Lipinski definition) is 1. The first-order chi connectivity index (χ1) is 11.1. The van der Waals surface area contributed by atoms with Crippen molar-refractivity contribution in [3.8, 4) is 0 Å². The zero-order valence-corrected chi connectivity index (χ0v) is 13.7. The molecule has 2 amide bonds. The first-order valence-corrected chi connectivity index (χ1v) is 8.06. The monoisotopic (exact) mass is 309 g/mol. The maximum Gasteiger partial charge on any atom is 0.321 e. The summed E-state index contributed by atoms with van der Waals surface area (Å²) >= 11 is 0. The Balaban J connectivity index is 1.57.